The molecule has 0 bridgehead atoms. The molecule has 2 heterocycles. The quantitative estimate of drug-likeness (QED) is 0.384. The van der Waals surface area contributed by atoms with E-state index in [4.69, 9.17) is 11.6 Å². The lowest BCUT2D eigenvalue weighted by Crippen LogP contribution is -2.27. The van der Waals surface area contributed by atoms with Gasteiger partial charge in [0.25, 0.3) is 11.1 Å². The van der Waals surface area contributed by atoms with Gasteiger partial charge in [-0.05, 0) is 89.6 Å². The van der Waals surface area contributed by atoms with Crippen LogP contribution in [-0.2, 0) is 4.79 Å². The molecular weight excluding hydrogens is 472 g/mol. The highest BCUT2D eigenvalue weighted by molar-refractivity contribution is 9.10. The van der Waals surface area contributed by atoms with E-state index in [1.807, 2.05) is 44.2 Å². The lowest BCUT2D eigenvalue weighted by Gasteiger charge is -2.11. The van der Waals surface area contributed by atoms with Crippen molar-refractivity contribution in [1.82, 2.24) is 4.57 Å². The van der Waals surface area contributed by atoms with E-state index < -0.39 is 0 Å². The maximum absolute atomic E-state index is 12.9. The van der Waals surface area contributed by atoms with Crippen molar-refractivity contribution in [3.63, 3.8) is 0 Å². The first kappa shape index (κ1) is 20.0. The number of imide groups is 1. The Morgan fingerprint density at radius 3 is 2.41 bits per heavy atom. The first-order chi connectivity index (χ1) is 13.9. The van der Waals surface area contributed by atoms with E-state index >= 15 is 0 Å². The van der Waals surface area contributed by atoms with Gasteiger partial charge >= 0.3 is 0 Å². The normalized spacial score (nSPS) is 15.6. The van der Waals surface area contributed by atoms with Crippen LogP contribution in [-0.4, -0.2) is 15.7 Å². The molecule has 4 rings (SSSR count). The van der Waals surface area contributed by atoms with Crippen molar-refractivity contribution in [1.29, 1.82) is 0 Å². The number of thioether (sulfide) groups is 1. The van der Waals surface area contributed by atoms with Gasteiger partial charge in [-0.25, -0.2) is 4.90 Å². The summed E-state index contributed by atoms with van der Waals surface area (Å²) in [4.78, 5) is 26.9. The Balaban J connectivity index is 1.71. The molecule has 0 N–H and O–H groups in total. The zero-order chi connectivity index (χ0) is 20.7. The molecule has 146 valence electrons. The number of aromatic nitrogens is 1. The molecule has 1 saturated heterocycles. The van der Waals surface area contributed by atoms with Gasteiger partial charge in [0.15, 0.2) is 0 Å². The first-order valence-electron chi connectivity index (χ1n) is 8.84. The molecule has 2 amide bonds. The topological polar surface area (TPSA) is 42.3 Å². The van der Waals surface area contributed by atoms with E-state index in [1.54, 1.807) is 30.3 Å². The van der Waals surface area contributed by atoms with Crippen LogP contribution in [0.15, 0.2) is 64.0 Å². The fraction of sp³-hybridized carbons (Fsp3) is 0.0909. The molecule has 0 unspecified atom stereocenters. The van der Waals surface area contributed by atoms with E-state index in [-0.39, 0.29) is 11.1 Å². The molecule has 0 aliphatic carbocycles. The summed E-state index contributed by atoms with van der Waals surface area (Å²) in [6, 6.07) is 16.7. The van der Waals surface area contributed by atoms with Crippen molar-refractivity contribution in [2.24, 2.45) is 0 Å². The maximum atomic E-state index is 12.9. The van der Waals surface area contributed by atoms with Gasteiger partial charge in [-0.3, -0.25) is 9.59 Å². The number of carbonyl (C=O) groups is 2. The summed E-state index contributed by atoms with van der Waals surface area (Å²) >= 11 is 10.6. The van der Waals surface area contributed by atoms with Gasteiger partial charge in [-0.1, -0.05) is 29.8 Å². The van der Waals surface area contributed by atoms with Gasteiger partial charge in [0, 0.05) is 21.5 Å². The summed E-state index contributed by atoms with van der Waals surface area (Å²) in [6.07, 6.45) is 1.78. The third-order valence-electron chi connectivity index (χ3n) is 4.73. The number of nitrogens with zero attached hydrogens (tertiary/aromatic N) is 2. The number of carbonyl (C=O) groups excluding carboxylic acids is 2. The molecule has 2 aromatic carbocycles. The number of anilines is 1. The number of halogens is 2. The molecule has 1 aliphatic heterocycles. The van der Waals surface area contributed by atoms with Gasteiger partial charge < -0.3 is 4.57 Å². The molecule has 4 nitrogen and oxygen atoms in total. The van der Waals surface area contributed by atoms with Gasteiger partial charge in [0.2, 0.25) is 0 Å². The minimum absolute atomic E-state index is 0.291. The number of rotatable bonds is 3. The summed E-state index contributed by atoms with van der Waals surface area (Å²) in [5.41, 5.74) is 4.38. The highest BCUT2D eigenvalue weighted by Crippen LogP contribution is 2.36. The lowest BCUT2D eigenvalue weighted by molar-refractivity contribution is -0.113. The third-order valence-corrected chi connectivity index (χ3v) is 6.83. The number of amides is 2. The number of hydrogen-bond donors (Lipinski definition) is 0. The second kappa shape index (κ2) is 7.86. The molecule has 0 spiro atoms. The van der Waals surface area contributed by atoms with Crippen molar-refractivity contribution < 1.29 is 9.59 Å². The zero-order valence-corrected chi connectivity index (χ0v) is 18.8. The largest absolute Gasteiger partial charge is 0.318 e. The predicted octanol–water partition coefficient (Wildman–Crippen LogP) is 6.75. The second-order valence-electron chi connectivity index (χ2n) is 6.61. The molecule has 0 saturated carbocycles. The number of hydrogen-bond acceptors (Lipinski definition) is 3. The standard InChI is InChI=1S/C22H16BrClN2O2S/c1-13-10-15(14(2)25(13)17-8-9-18(23)19(24)12-17)11-20-21(27)26(22(28)29-20)16-6-4-3-5-7-16/h3-12H,1-2H3/b20-11+. The van der Waals surface area contributed by atoms with Crippen LogP contribution in [0.5, 0.6) is 0 Å². The highest BCUT2D eigenvalue weighted by atomic mass is 79.9. The van der Waals surface area contributed by atoms with Crippen LogP contribution in [0.1, 0.15) is 17.0 Å². The summed E-state index contributed by atoms with van der Waals surface area (Å²) < 4.78 is 2.91. The Labute approximate surface area is 186 Å². The van der Waals surface area contributed by atoms with Crippen LogP contribution in [0.4, 0.5) is 10.5 Å². The van der Waals surface area contributed by atoms with Crippen LogP contribution in [0.25, 0.3) is 11.8 Å². The van der Waals surface area contributed by atoms with E-state index in [2.05, 4.69) is 20.5 Å². The molecule has 1 aromatic heterocycles. The van der Waals surface area contributed by atoms with E-state index in [9.17, 15) is 9.59 Å². The summed E-state index contributed by atoms with van der Waals surface area (Å²) in [7, 11) is 0. The highest BCUT2D eigenvalue weighted by Gasteiger charge is 2.36. The lowest BCUT2D eigenvalue weighted by atomic mass is 10.2. The summed E-state index contributed by atoms with van der Waals surface area (Å²) in [5.74, 6) is -0.303. The van der Waals surface area contributed by atoms with Crippen molar-refractivity contribution in [2.45, 2.75) is 13.8 Å². The van der Waals surface area contributed by atoms with Gasteiger partial charge in [-0.2, -0.15) is 0 Å². The maximum Gasteiger partial charge on any atom is 0.298 e. The van der Waals surface area contributed by atoms with Crippen LogP contribution in [0, 0.1) is 13.8 Å². The van der Waals surface area contributed by atoms with Gasteiger partial charge in [-0.15, -0.1) is 0 Å². The Kier molecular flexibility index (Phi) is 5.42. The van der Waals surface area contributed by atoms with E-state index in [0.29, 0.717) is 15.6 Å². The van der Waals surface area contributed by atoms with Crippen LogP contribution < -0.4 is 4.90 Å². The Hall–Kier alpha value is -2.28. The third kappa shape index (κ3) is 3.68. The molecule has 7 heteroatoms. The molecule has 0 atom stereocenters. The van der Waals surface area contributed by atoms with E-state index in [1.165, 1.54) is 4.90 Å². The van der Waals surface area contributed by atoms with Crippen molar-refractivity contribution in [3.05, 3.63) is 85.9 Å². The SMILES string of the molecule is Cc1cc(/C=C2/SC(=O)N(c3ccccc3)C2=O)c(C)n1-c1ccc(Br)c(Cl)c1. The first-order valence-corrected chi connectivity index (χ1v) is 10.8. The van der Waals surface area contributed by atoms with Crippen LogP contribution in [0.3, 0.4) is 0 Å². The van der Waals surface area contributed by atoms with Gasteiger partial charge in [0.05, 0.1) is 15.6 Å². The fourth-order valence-electron chi connectivity index (χ4n) is 3.36. The van der Waals surface area contributed by atoms with Crippen molar-refractivity contribution >= 4 is 62.2 Å². The Morgan fingerprint density at radius 2 is 1.72 bits per heavy atom. The molecular formula is C22H16BrClN2O2S. The monoisotopic (exact) mass is 486 g/mol. The predicted molar refractivity (Wildman–Crippen MR) is 123 cm³/mol. The molecule has 1 fully saturated rings. The smallest absolute Gasteiger partial charge is 0.298 e. The summed E-state index contributed by atoms with van der Waals surface area (Å²) in [6.45, 7) is 3.98. The summed E-state index contributed by atoms with van der Waals surface area (Å²) in [5, 5.41) is 0.335. The number of benzene rings is 2. The molecule has 3 aromatic rings. The average molecular weight is 488 g/mol. The van der Waals surface area contributed by atoms with Gasteiger partial charge in [0.1, 0.15) is 0 Å². The minimum Gasteiger partial charge on any atom is -0.318 e. The number of aryl methyl sites for hydroxylation is 1. The van der Waals surface area contributed by atoms with E-state index in [0.717, 1.165) is 38.9 Å². The van der Waals surface area contributed by atoms with Crippen molar-refractivity contribution in [3.8, 4) is 5.69 Å². The Bertz CT molecular complexity index is 1170. The van der Waals surface area contributed by atoms with Crippen LogP contribution in [0.2, 0.25) is 5.02 Å². The molecule has 1 aliphatic rings. The average Bonchev–Trinajstić information content (AvgIpc) is 3.13. The Morgan fingerprint density at radius 1 is 1.00 bits per heavy atom. The second-order valence-corrected chi connectivity index (χ2v) is 8.87. The zero-order valence-electron chi connectivity index (χ0n) is 15.6. The molecule has 29 heavy (non-hydrogen) atoms. The van der Waals surface area contributed by atoms with Crippen LogP contribution >= 0.6 is 39.3 Å². The minimum atomic E-state index is -0.303. The number of para-hydroxylation sites is 1. The fourth-order valence-corrected chi connectivity index (χ4v) is 4.62. The van der Waals surface area contributed by atoms with Crippen molar-refractivity contribution in [2.75, 3.05) is 4.90 Å². The molecule has 0 radical (unpaired) electrons.